The Morgan fingerprint density at radius 2 is 1.93 bits per heavy atom. The number of allylic oxidation sites excluding steroid dienone is 2. The molecule has 9 nitrogen and oxygen atoms in total. The van der Waals surface area contributed by atoms with Gasteiger partial charge in [-0.05, 0) is 90.5 Å². The van der Waals surface area contributed by atoms with Gasteiger partial charge in [0.2, 0.25) is 5.91 Å². The molecular formula is C34H35FN8O. The quantitative estimate of drug-likeness (QED) is 0.179. The standard InChI is InChI=1S/C34H35FN8O/c1-20(2)9-31(44)38-26-13-24(15-36-16-26)22-5-6-29-27(14-22)33(42-41-29)34-39-30-18-37-17-28(32(30)40-34)23-10-21(11-25(35)12-23)19-43-7-3-4-8-43/h5-6,10-15,17-18,20,36H,3-4,7-9,16,19H2,1-2H3,(H,38,44)(H,39,40)(H,41,42). The molecule has 0 unspecified atom stereocenters. The highest BCUT2D eigenvalue weighted by atomic mass is 19.1. The number of amides is 1. The number of nitrogens with one attached hydrogen (secondary N) is 4. The predicted molar refractivity (Wildman–Crippen MR) is 171 cm³/mol. The van der Waals surface area contributed by atoms with Crippen molar-refractivity contribution in [3.05, 3.63) is 83.7 Å². The van der Waals surface area contributed by atoms with Crippen LogP contribution in [0.5, 0.6) is 0 Å². The number of rotatable bonds is 8. The molecule has 1 fully saturated rings. The SMILES string of the molecule is CC(C)CC(=O)NC1=CC(c2ccc3[nH]nc(-c4nc5c(-c6cc(F)cc(CN7CCCC7)c6)cncc5[nH]4)c3c2)=CNC1. The maximum absolute atomic E-state index is 14.8. The largest absolute Gasteiger partial charge is 0.385 e. The summed E-state index contributed by atoms with van der Waals surface area (Å²) < 4.78 is 14.8. The molecular weight excluding hydrogens is 555 g/mol. The summed E-state index contributed by atoms with van der Waals surface area (Å²) in [5.74, 6) is 0.639. The lowest BCUT2D eigenvalue weighted by atomic mass is 10.0. The number of imidazole rings is 1. The van der Waals surface area contributed by atoms with Gasteiger partial charge >= 0.3 is 0 Å². The van der Waals surface area contributed by atoms with E-state index < -0.39 is 0 Å². The van der Waals surface area contributed by atoms with Crippen LogP contribution < -0.4 is 10.6 Å². The summed E-state index contributed by atoms with van der Waals surface area (Å²) in [6, 6.07) is 11.3. The zero-order valence-electron chi connectivity index (χ0n) is 24.9. The Bertz CT molecular complexity index is 1930. The fourth-order valence-corrected chi connectivity index (χ4v) is 6.13. The topological polar surface area (TPSA) is 115 Å². The maximum Gasteiger partial charge on any atom is 0.224 e. The monoisotopic (exact) mass is 590 g/mol. The molecule has 10 heteroatoms. The molecule has 4 N–H and O–H groups in total. The van der Waals surface area contributed by atoms with Crippen LogP contribution >= 0.6 is 0 Å². The van der Waals surface area contributed by atoms with Gasteiger partial charge < -0.3 is 15.6 Å². The molecule has 1 amide bonds. The molecule has 2 aliphatic heterocycles. The van der Waals surface area contributed by atoms with Gasteiger partial charge in [-0.15, -0.1) is 0 Å². The molecule has 0 radical (unpaired) electrons. The van der Waals surface area contributed by atoms with E-state index in [0.29, 0.717) is 35.9 Å². The Kier molecular flexibility index (Phi) is 7.43. The summed E-state index contributed by atoms with van der Waals surface area (Å²) >= 11 is 0. The second kappa shape index (κ2) is 11.7. The van der Waals surface area contributed by atoms with Crippen molar-refractivity contribution >= 4 is 33.4 Å². The van der Waals surface area contributed by atoms with Gasteiger partial charge in [-0.2, -0.15) is 5.10 Å². The van der Waals surface area contributed by atoms with Crippen LogP contribution in [0.3, 0.4) is 0 Å². The molecule has 224 valence electrons. The minimum absolute atomic E-state index is 0.0154. The van der Waals surface area contributed by atoms with E-state index in [1.807, 2.05) is 44.3 Å². The van der Waals surface area contributed by atoms with Crippen LogP contribution in [0.25, 0.3) is 50.2 Å². The summed E-state index contributed by atoms with van der Waals surface area (Å²) in [4.78, 5) is 27.5. The van der Waals surface area contributed by atoms with Gasteiger partial charge in [0.1, 0.15) is 11.5 Å². The number of benzene rings is 2. The zero-order valence-corrected chi connectivity index (χ0v) is 24.9. The first-order valence-electron chi connectivity index (χ1n) is 15.2. The van der Waals surface area contributed by atoms with Crippen molar-refractivity contribution in [2.45, 2.75) is 39.7 Å². The molecule has 5 heterocycles. The first-order valence-corrected chi connectivity index (χ1v) is 15.2. The maximum atomic E-state index is 14.8. The lowest BCUT2D eigenvalue weighted by molar-refractivity contribution is -0.121. The van der Waals surface area contributed by atoms with Gasteiger partial charge in [0.15, 0.2) is 5.82 Å². The fraction of sp³-hybridized carbons (Fsp3) is 0.294. The highest BCUT2D eigenvalue weighted by Crippen LogP contribution is 2.33. The molecule has 3 aromatic heterocycles. The minimum atomic E-state index is -0.265. The van der Waals surface area contributed by atoms with Gasteiger partial charge in [-0.1, -0.05) is 19.9 Å². The van der Waals surface area contributed by atoms with Gasteiger partial charge in [-0.3, -0.25) is 19.8 Å². The predicted octanol–water partition coefficient (Wildman–Crippen LogP) is 5.89. The lowest BCUT2D eigenvalue weighted by Gasteiger charge is -2.17. The second-order valence-corrected chi connectivity index (χ2v) is 12.1. The van der Waals surface area contributed by atoms with E-state index in [2.05, 4.69) is 41.8 Å². The molecule has 0 saturated carbocycles. The summed E-state index contributed by atoms with van der Waals surface area (Å²) in [6.45, 7) is 7.45. The average Bonchev–Trinajstić information content (AvgIpc) is 3.75. The van der Waals surface area contributed by atoms with E-state index in [9.17, 15) is 9.18 Å². The Balaban J connectivity index is 1.21. The van der Waals surface area contributed by atoms with Crippen molar-refractivity contribution in [3.8, 4) is 22.6 Å². The van der Waals surface area contributed by atoms with Crippen molar-refractivity contribution in [3.63, 3.8) is 0 Å². The third-order valence-electron chi connectivity index (χ3n) is 8.16. The van der Waals surface area contributed by atoms with Crippen molar-refractivity contribution in [2.75, 3.05) is 19.6 Å². The number of halogens is 1. The number of aromatic amines is 2. The molecule has 1 saturated heterocycles. The molecule has 0 bridgehead atoms. The van der Waals surface area contributed by atoms with Crippen LogP contribution in [-0.4, -0.2) is 55.6 Å². The fourth-order valence-electron chi connectivity index (χ4n) is 6.13. The van der Waals surface area contributed by atoms with Crippen molar-refractivity contribution in [2.24, 2.45) is 5.92 Å². The van der Waals surface area contributed by atoms with Crippen LogP contribution in [0.2, 0.25) is 0 Å². The van der Waals surface area contributed by atoms with Crippen molar-refractivity contribution < 1.29 is 9.18 Å². The number of fused-ring (bicyclic) bond motifs is 2. The number of nitrogens with zero attached hydrogens (tertiary/aromatic N) is 4. The number of likely N-dealkylation sites (tertiary alicyclic amines) is 1. The Morgan fingerprint density at radius 3 is 2.77 bits per heavy atom. The van der Waals surface area contributed by atoms with Gasteiger partial charge in [0, 0.05) is 42.0 Å². The number of pyridine rings is 1. The molecule has 2 aliphatic rings. The van der Waals surface area contributed by atoms with E-state index in [0.717, 1.165) is 69.6 Å². The first kappa shape index (κ1) is 28.0. The molecule has 0 atom stereocenters. The van der Waals surface area contributed by atoms with E-state index >= 15 is 0 Å². The number of aromatic nitrogens is 5. The normalized spacial score (nSPS) is 15.5. The highest BCUT2D eigenvalue weighted by molar-refractivity contribution is 5.98. The smallest absolute Gasteiger partial charge is 0.224 e. The summed E-state index contributed by atoms with van der Waals surface area (Å²) in [6.07, 6.45) is 10.3. The number of hydrogen-bond donors (Lipinski definition) is 4. The third-order valence-corrected chi connectivity index (χ3v) is 8.16. The molecule has 44 heavy (non-hydrogen) atoms. The van der Waals surface area contributed by atoms with Gasteiger partial charge in [0.05, 0.1) is 29.3 Å². The lowest BCUT2D eigenvalue weighted by Crippen LogP contribution is -2.30. The third kappa shape index (κ3) is 5.72. The molecule has 5 aromatic rings. The first-order chi connectivity index (χ1) is 21.4. The second-order valence-electron chi connectivity index (χ2n) is 12.1. The highest BCUT2D eigenvalue weighted by Gasteiger charge is 2.19. The van der Waals surface area contributed by atoms with Crippen molar-refractivity contribution in [1.29, 1.82) is 0 Å². The summed E-state index contributed by atoms with van der Waals surface area (Å²) in [7, 11) is 0. The number of hydrogen-bond acceptors (Lipinski definition) is 6. The van der Waals surface area contributed by atoms with Crippen LogP contribution in [0, 0.1) is 11.7 Å². The van der Waals surface area contributed by atoms with Gasteiger partial charge in [-0.25, -0.2) is 9.37 Å². The van der Waals surface area contributed by atoms with Gasteiger partial charge in [0.25, 0.3) is 0 Å². The number of dihydropyridines is 1. The van der Waals surface area contributed by atoms with Crippen molar-refractivity contribution in [1.82, 2.24) is 40.7 Å². The molecule has 0 aliphatic carbocycles. The number of H-pyrrole nitrogens is 2. The van der Waals surface area contributed by atoms with E-state index in [-0.39, 0.29) is 11.7 Å². The average molecular weight is 591 g/mol. The summed E-state index contributed by atoms with van der Waals surface area (Å²) in [5.41, 5.74) is 8.25. The Hall–Kier alpha value is -4.83. The Labute approximate surface area is 254 Å². The Morgan fingerprint density at radius 1 is 1.07 bits per heavy atom. The van der Waals surface area contributed by atoms with Crippen LogP contribution in [0.15, 0.2) is 66.8 Å². The molecule has 0 spiro atoms. The van der Waals surface area contributed by atoms with Crippen LogP contribution in [-0.2, 0) is 11.3 Å². The van der Waals surface area contributed by atoms with Crippen LogP contribution in [0.4, 0.5) is 4.39 Å². The van der Waals surface area contributed by atoms with E-state index in [1.165, 1.54) is 12.8 Å². The minimum Gasteiger partial charge on any atom is -0.385 e. The number of carbonyl (C=O) groups is 1. The van der Waals surface area contributed by atoms with E-state index in [1.54, 1.807) is 24.5 Å². The number of carbonyl (C=O) groups excluding carboxylic acids is 1. The van der Waals surface area contributed by atoms with E-state index in [4.69, 9.17) is 4.98 Å². The molecule has 7 rings (SSSR count). The zero-order chi connectivity index (χ0) is 30.2. The summed E-state index contributed by atoms with van der Waals surface area (Å²) in [5, 5.41) is 14.9. The molecule has 2 aromatic carbocycles. The van der Waals surface area contributed by atoms with Crippen LogP contribution in [0.1, 0.15) is 44.2 Å².